The van der Waals surface area contributed by atoms with Gasteiger partial charge in [-0.3, -0.25) is 14.9 Å². The molecular weight excluding hydrogens is 548 g/mol. The summed E-state index contributed by atoms with van der Waals surface area (Å²) in [7, 11) is -3.89. The van der Waals surface area contributed by atoms with Crippen molar-refractivity contribution in [1.29, 1.82) is 0 Å². The number of amides is 1. The summed E-state index contributed by atoms with van der Waals surface area (Å²) in [5.74, 6) is -0.384. The SMILES string of the molecule is O=C(Nc1ccc(S(=O)(=O)c2ccc([N+](=O)[O-])cc2)cc1)c1ccc(Cl)c(-c2ccc(-c3ccccc3)cc2)c1. The lowest BCUT2D eigenvalue weighted by Crippen LogP contribution is -2.12. The monoisotopic (exact) mass is 568 g/mol. The topological polar surface area (TPSA) is 106 Å². The Hall–Kier alpha value is -4.79. The van der Waals surface area contributed by atoms with E-state index in [-0.39, 0.29) is 21.4 Å². The zero-order valence-corrected chi connectivity index (χ0v) is 22.4. The molecule has 7 nitrogen and oxygen atoms in total. The first-order valence-electron chi connectivity index (χ1n) is 12.1. The molecule has 0 aliphatic carbocycles. The predicted octanol–water partition coefficient (Wildman–Crippen LogP) is 7.67. The largest absolute Gasteiger partial charge is 0.322 e. The highest BCUT2D eigenvalue weighted by Gasteiger charge is 2.19. The minimum absolute atomic E-state index is 0.00733. The molecule has 0 aliphatic heterocycles. The fraction of sp³-hybridized carbons (Fsp3) is 0. The minimum atomic E-state index is -3.89. The van der Waals surface area contributed by atoms with Gasteiger partial charge >= 0.3 is 0 Å². The summed E-state index contributed by atoms with van der Waals surface area (Å²) in [6, 6.07) is 33.2. The quantitative estimate of drug-likeness (QED) is 0.160. The third kappa shape index (κ3) is 5.63. The Morgan fingerprint density at radius 2 is 1.25 bits per heavy atom. The van der Waals surface area contributed by atoms with Gasteiger partial charge in [0, 0.05) is 34.0 Å². The van der Waals surface area contributed by atoms with Crippen molar-refractivity contribution in [2.45, 2.75) is 9.79 Å². The summed E-state index contributed by atoms with van der Waals surface area (Å²) >= 11 is 6.47. The number of rotatable bonds is 7. The molecule has 0 spiro atoms. The van der Waals surface area contributed by atoms with Gasteiger partial charge in [-0.1, -0.05) is 66.2 Å². The lowest BCUT2D eigenvalue weighted by molar-refractivity contribution is -0.384. The summed E-state index contributed by atoms with van der Waals surface area (Å²) in [5.41, 5.74) is 4.31. The first-order valence-corrected chi connectivity index (χ1v) is 13.9. The van der Waals surface area contributed by atoms with Crippen LogP contribution in [-0.2, 0) is 9.84 Å². The smallest absolute Gasteiger partial charge is 0.269 e. The van der Waals surface area contributed by atoms with Crippen LogP contribution >= 0.6 is 11.6 Å². The average molecular weight is 569 g/mol. The van der Waals surface area contributed by atoms with E-state index in [1.807, 2.05) is 54.6 Å². The Bertz CT molecular complexity index is 1810. The predicted molar refractivity (Wildman–Crippen MR) is 155 cm³/mol. The Labute approximate surface area is 235 Å². The fourth-order valence-corrected chi connectivity index (χ4v) is 5.65. The van der Waals surface area contributed by atoms with Crippen LogP contribution in [0.1, 0.15) is 10.4 Å². The number of nitro benzene ring substituents is 1. The summed E-state index contributed by atoms with van der Waals surface area (Å²) in [4.78, 5) is 23.2. The first-order chi connectivity index (χ1) is 19.2. The molecular formula is C31H21ClN2O5S. The summed E-state index contributed by atoms with van der Waals surface area (Å²) in [5, 5.41) is 14.1. The van der Waals surface area contributed by atoms with Crippen molar-refractivity contribution in [1.82, 2.24) is 0 Å². The Kier molecular flexibility index (Phi) is 7.46. The van der Waals surface area contributed by atoms with E-state index in [0.29, 0.717) is 21.8 Å². The van der Waals surface area contributed by atoms with Gasteiger partial charge in [-0.25, -0.2) is 8.42 Å². The van der Waals surface area contributed by atoms with Crippen molar-refractivity contribution in [3.63, 3.8) is 0 Å². The fourth-order valence-electron chi connectivity index (χ4n) is 4.16. The summed E-state index contributed by atoms with van der Waals surface area (Å²) in [6.45, 7) is 0. The van der Waals surface area contributed by atoms with E-state index in [9.17, 15) is 23.3 Å². The number of carbonyl (C=O) groups excluding carboxylic acids is 1. The van der Waals surface area contributed by atoms with Gasteiger partial charge in [0.2, 0.25) is 9.84 Å². The second-order valence-electron chi connectivity index (χ2n) is 8.87. The molecule has 0 saturated carbocycles. The standard InChI is InChI=1S/C31H21ClN2O5S/c32-30-19-10-24(20-29(30)23-8-6-22(7-9-23)21-4-2-1-3-5-21)31(35)33-25-11-15-27(16-12-25)40(38,39)28-17-13-26(14-18-28)34(36)37/h1-20H,(H,33,35). The number of anilines is 1. The van der Waals surface area contributed by atoms with Gasteiger partial charge in [0.05, 0.1) is 14.7 Å². The normalized spacial score (nSPS) is 11.1. The van der Waals surface area contributed by atoms with Crippen LogP contribution in [0.2, 0.25) is 5.02 Å². The number of benzene rings is 5. The number of halogens is 1. The molecule has 1 N–H and O–H groups in total. The molecule has 5 aromatic carbocycles. The average Bonchev–Trinajstić information content (AvgIpc) is 2.98. The van der Waals surface area contributed by atoms with Crippen LogP contribution < -0.4 is 5.32 Å². The Morgan fingerprint density at radius 1 is 0.700 bits per heavy atom. The molecule has 0 unspecified atom stereocenters. The van der Waals surface area contributed by atoms with E-state index in [4.69, 9.17) is 11.6 Å². The maximum absolute atomic E-state index is 13.0. The van der Waals surface area contributed by atoms with Gasteiger partial charge in [-0.05, 0) is 71.3 Å². The number of nitrogens with one attached hydrogen (secondary N) is 1. The molecule has 0 heterocycles. The number of sulfone groups is 1. The molecule has 0 bridgehead atoms. The lowest BCUT2D eigenvalue weighted by Gasteiger charge is -2.11. The second kappa shape index (κ2) is 11.1. The molecule has 0 aliphatic rings. The van der Waals surface area contributed by atoms with E-state index in [1.165, 1.54) is 36.4 Å². The molecule has 5 rings (SSSR count). The van der Waals surface area contributed by atoms with Crippen LogP contribution in [0.25, 0.3) is 22.3 Å². The molecule has 0 saturated heterocycles. The van der Waals surface area contributed by atoms with E-state index in [0.717, 1.165) is 28.8 Å². The van der Waals surface area contributed by atoms with Crippen LogP contribution in [0.4, 0.5) is 11.4 Å². The maximum atomic E-state index is 13.0. The number of nitrogens with zero attached hydrogens (tertiary/aromatic N) is 1. The Morgan fingerprint density at radius 3 is 1.85 bits per heavy atom. The number of nitro groups is 1. The number of carbonyl (C=O) groups is 1. The zero-order valence-electron chi connectivity index (χ0n) is 20.8. The molecule has 1 amide bonds. The van der Waals surface area contributed by atoms with Crippen LogP contribution in [0.15, 0.2) is 131 Å². The van der Waals surface area contributed by atoms with Crippen LogP contribution in [0, 0.1) is 10.1 Å². The van der Waals surface area contributed by atoms with Crippen LogP contribution in [0.5, 0.6) is 0 Å². The molecule has 0 radical (unpaired) electrons. The molecule has 0 fully saturated rings. The first kappa shape index (κ1) is 26.8. The molecule has 5 aromatic rings. The number of hydrogen-bond donors (Lipinski definition) is 1. The highest BCUT2D eigenvalue weighted by Crippen LogP contribution is 2.31. The van der Waals surface area contributed by atoms with Gasteiger partial charge < -0.3 is 5.32 Å². The second-order valence-corrected chi connectivity index (χ2v) is 11.2. The number of non-ortho nitro benzene ring substituents is 1. The highest BCUT2D eigenvalue weighted by molar-refractivity contribution is 7.91. The molecule has 9 heteroatoms. The van der Waals surface area contributed by atoms with Gasteiger partial charge in [-0.2, -0.15) is 0 Å². The van der Waals surface area contributed by atoms with Crippen LogP contribution in [-0.4, -0.2) is 19.2 Å². The lowest BCUT2D eigenvalue weighted by atomic mass is 9.99. The third-order valence-corrected chi connectivity index (χ3v) is 8.43. The maximum Gasteiger partial charge on any atom is 0.269 e. The molecule has 198 valence electrons. The number of hydrogen-bond acceptors (Lipinski definition) is 5. The van der Waals surface area contributed by atoms with E-state index < -0.39 is 14.8 Å². The van der Waals surface area contributed by atoms with E-state index in [1.54, 1.807) is 18.2 Å². The minimum Gasteiger partial charge on any atom is -0.322 e. The van der Waals surface area contributed by atoms with Crippen molar-refractivity contribution in [3.05, 3.63) is 142 Å². The van der Waals surface area contributed by atoms with E-state index in [2.05, 4.69) is 5.32 Å². The molecule has 0 atom stereocenters. The van der Waals surface area contributed by atoms with Crippen molar-refractivity contribution < 1.29 is 18.1 Å². The van der Waals surface area contributed by atoms with Crippen molar-refractivity contribution >= 4 is 38.7 Å². The van der Waals surface area contributed by atoms with Crippen LogP contribution in [0.3, 0.4) is 0 Å². The molecule has 40 heavy (non-hydrogen) atoms. The van der Waals surface area contributed by atoms with Gasteiger partial charge in [0.15, 0.2) is 0 Å². The van der Waals surface area contributed by atoms with E-state index >= 15 is 0 Å². The van der Waals surface area contributed by atoms with Crippen molar-refractivity contribution in [3.8, 4) is 22.3 Å². The molecule has 0 aromatic heterocycles. The van der Waals surface area contributed by atoms with Gasteiger partial charge in [-0.15, -0.1) is 0 Å². The Balaban J connectivity index is 1.32. The van der Waals surface area contributed by atoms with Gasteiger partial charge in [0.1, 0.15) is 0 Å². The third-order valence-electron chi connectivity index (χ3n) is 6.31. The van der Waals surface area contributed by atoms with Gasteiger partial charge in [0.25, 0.3) is 11.6 Å². The van der Waals surface area contributed by atoms with Crippen molar-refractivity contribution in [2.24, 2.45) is 0 Å². The summed E-state index contributed by atoms with van der Waals surface area (Å²) in [6.07, 6.45) is 0. The highest BCUT2D eigenvalue weighted by atomic mass is 35.5. The summed E-state index contributed by atoms with van der Waals surface area (Å²) < 4.78 is 25.8. The zero-order chi connectivity index (χ0) is 28.3. The van der Waals surface area contributed by atoms with Crippen molar-refractivity contribution in [2.75, 3.05) is 5.32 Å².